The number of rotatable bonds is 8. The largest absolute Gasteiger partial charge is 0.349 e. The van der Waals surface area contributed by atoms with E-state index in [4.69, 9.17) is 0 Å². The predicted molar refractivity (Wildman–Crippen MR) is 140 cm³/mol. The Morgan fingerprint density at radius 1 is 0.944 bits per heavy atom. The van der Waals surface area contributed by atoms with Crippen molar-refractivity contribution in [2.75, 3.05) is 13.1 Å². The van der Waals surface area contributed by atoms with Gasteiger partial charge in [-0.05, 0) is 47.2 Å². The molecule has 0 aliphatic carbocycles. The number of nitrogens with one attached hydrogen (secondary N) is 1. The average Bonchev–Trinajstić information content (AvgIpc) is 3.19. The normalized spacial score (nSPS) is 13.7. The maximum atomic E-state index is 12.3. The fraction of sp³-hybridized carbons (Fsp3) is 0.310. The van der Waals surface area contributed by atoms with Crippen LogP contribution in [0.3, 0.4) is 0 Å². The van der Waals surface area contributed by atoms with E-state index < -0.39 is 0 Å². The molecular weight excluding hydrogens is 448 g/mol. The third-order valence-electron chi connectivity index (χ3n) is 6.82. The Bertz CT molecular complexity index is 1300. The van der Waals surface area contributed by atoms with E-state index in [1.807, 2.05) is 12.1 Å². The summed E-state index contributed by atoms with van der Waals surface area (Å²) >= 11 is 0. The van der Waals surface area contributed by atoms with Crippen LogP contribution in [-0.2, 0) is 37.3 Å². The summed E-state index contributed by atoms with van der Waals surface area (Å²) in [5, 5.41) is 11.8. The highest BCUT2D eigenvalue weighted by molar-refractivity contribution is 5.76. The Morgan fingerprint density at radius 2 is 1.81 bits per heavy atom. The van der Waals surface area contributed by atoms with Crippen LogP contribution >= 0.6 is 0 Å². The van der Waals surface area contributed by atoms with Gasteiger partial charge in [0.1, 0.15) is 5.82 Å². The molecule has 36 heavy (non-hydrogen) atoms. The third-order valence-corrected chi connectivity index (χ3v) is 6.82. The molecule has 1 amide bonds. The van der Waals surface area contributed by atoms with Crippen molar-refractivity contribution in [1.82, 2.24) is 30.0 Å². The van der Waals surface area contributed by atoms with E-state index in [-0.39, 0.29) is 5.91 Å². The minimum atomic E-state index is 0.0144. The minimum Gasteiger partial charge on any atom is -0.349 e. The van der Waals surface area contributed by atoms with E-state index >= 15 is 0 Å². The topological polar surface area (TPSA) is 75.9 Å². The van der Waals surface area contributed by atoms with Gasteiger partial charge in [-0.25, -0.2) is 0 Å². The van der Waals surface area contributed by atoms with E-state index in [2.05, 4.69) is 85.4 Å². The highest BCUT2D eigenvalue weighted by Crippen LogP contribution is 2.24. The molecule has 2 aromatic carbocycles. The number of aryl methyl sites for hydroxylation is 2. The molecule has 0 radical (unpaired) electrons. The maximum Gasteiger partial charge on any atom is 0.220 e. The van der Waals surface area contributed by atoms with E-state index in [0.29, 0.717) is 19.4 Å². The highest BCUT2D eigenvalue weighted by atomic mass is 16.1. The van der Waals surface area contributed by atoms with E-state index in [9.17, 15) is 4.79 Å². The molecule has 1 aliphatic rings. The van der Waals surface area contributed by atoms with Gasteiger partial charge >= 0.3 is 0 Å². The van der Waals surface area contributed by atoms with E-state index in [1.165, 1.54) is 22.3 Å². The summed E-state index contributed by atoms with van der Waals surface area (Å²) in [6.07, 6.45) is 5.50. The van der Waals surface area contributed by atoms with Gasteiger partial charge in [-0.1, -0.05) is 54.6 Å². The summed E-state index contributed by atoms with van der Waals surface area (Å²) in [4.78, 5) is 18.9. The first kappa shape index (κ1) is 23.9. The van der Waals surface area contributed by atoms with Crippen LogP contribution in [0.15, 0.2) is 73.1 Å². The lowest BCUT2D eigenvalue weighted by Crippen LogP contribution is -2.28. The number of aromatic nitrogens is 4. The first-order chi connectivity index (χ1) is 17.7. The van der Waals surface area contributed by atoms with Crippen LogP contribution in [-0.4, -0.2) is 43.6 Å². The van der Waals surface area contributed by atoms with Crippen molar-refractivity contribution in [1.29, 1.82) is 0 Å². The summed E-state index contributed by atoms with van der Waals surface area (Å²) in [7, 11) is 0. The molecule has 7 heteroatoms. The number of nitrogens with zero attached hydrogens (tertiary/aromatic N) is 5. The molecule has 7 nitrogen and oxygen atoms in total. The van der Waals surface area contributed by atoms with Crippen LogP contribution in [0.1, 0.15) is 34.8 Å². The molecule has 3 heterocycles. The number of amides is 1. The third kappa shape index (κ3) is 5.86. The minimum absolute atomic E-state index is 0.0144. The molecule has 1 N–H and O–H groups in total. The van der Waals surface area contributed by atoms with Gasteiger partial charge in [-0.3, -0.25) is 14.7 Å². The molecule has 0 saturated carbocycles. The van der Waals surface area contributed by atoms with Gasteiger partial charge in [0.15, 0.2) is 5.82 Å². The van der Waals surface area contributed by atoms with Crippen LogP contribution in [0.5, 0.6) is 0 Å². The van der Waals surface area contributed by atoms with E-state index in [0.717, 1.165) is 49.8 Å². The van der Waals surface area contributed by atoms with Crippen LogP contribution in [0, 0.1) is 6.92 Å². The van der Waals surface area contributed by atoms with Crippen molar-refractivity contribution < 1.29 is 4.79 Å². The molecule has 4 aromatic rings. The zero-order chi connectivity index (χ0) is 24.7. The smallest absolute Gasteiger partial charge is 0.220 e. The van der Waals surface area contributed by atoms with Crippen LogP contribution in [0.2, 0.25) is 0 Å². The molecule has 0 saturated heterocycles. The zero-order valence-electron chi connectivity index (χ0n) is 20.7. The predicted octanol–water partition coefficient (Wildman–Crippen LogP) is 3.96. The lowest BCUT2D eigenvalue weighted by Gasteiger charge is -2.20. The fourth-order valence-electron chi connectivity index (χ4n) is 4.73. The van der Waals surface area contributed by atoms with Gasteiger partial charge in [0.2, 0.25) is 5.91 Å². The average molecular weight is 481 g/mol. The molecule has 0 bridgehead atoms. The second kappa shape index (κ2) is 11.3. The molecule has 5 rings (SSSR count). The van der Waals surface area contributed by atoms with Crippen molar-refractivity contribution in [3.8, 4) is 11.1 Å². The number of hydrogen-bond acceptors (Lipinski definition) is 5. The Labute approximate surface area is 212 Å². The standard InChI is InChI=1S/C29H32N6O/c1-22-5-2-3-7-26(22)25-11-8-24(9-12-25)21-34-16-14-27-32-33-28(35(27)18-17-34)20-31-29(36)13-10-23-6-4-15-30-19-23/h2-9,11-12,15,19H,10,13-14,16-18,20-21H2,1H3,(H,31,36). The Kier molecular flexibility index (Phi) is 7.47. The summed E-state index contributed by atoms with van der Waals surface area (Å²) in [6, 6.07) is 21.3. The van der Waals surface area contributed by atoms with Crippen molar-refractivity contribution in [2.24, 2.45) is 0 Å². The monoisotopic (exact) mass is 480 g/mol. The van der Waals surface area contributed by atoms with Crippen molar-refractivity contribution in [3.63, 3.8) is 0 Å². The van der Waals surface area contributed by atoms with Crippen LogP contribution in [0.4, 0.5) is 0 Å². The molecule has 0 fully saturated rings. The summed E-state index contributed by atoms with van der Waals surface area (Å²) in [5.41, 5.74) is 6.21. The van der Waals surface area contributed by atoms with Gasteiger partial charge in [-0.2, -0.15) is 0 Å². The number of carbonyl (C=O) groups excluding carboxylic acids is 1. The van der Waals surface area contributed by atoms with Crippen LogP contribution in [0.25, 0.3) is 11.1 Å². The first-order valence-electron chi connectivity index (χ1n) is 12.6. The lowest BCUT2D eigenvalue weighted by molar-refractivity contribution is -0.121. The Morgan fingerprint density at radius 3 is 2.61 bits per heavy atom. The van der Waals surface area contributed by atoms with Crippen molar-refractivity contribution >= 4 is 5.91 Å². The molecule has 184 valence electrons. The van der Waals surface area contributed by atoms with Gasteiger partial charge in [-0.15, -0.1) is 10.2 Å². The summed E-state index contributed by atoms with van der Waals surface area (Å²) in [5.74, 6) is 1.83. The quantitative estimate of drug-likeness (QED) is 0.413. The van der Waals surface area contributed by atoms with Gasteiger partial charge in [0, 0.05) is 51.4 Å². The van der Waals surface area contributed by atoms with Gasteiger partial charge in [0.05, 0.1) is 6.54 Å². The van der Waals surface area contributed by atoms with Gasteiger partial charge < -0.3 is 9.88 Å². The molecule has 1 aliphatic heterocycles. The molecule has 0 spiro atoms. The molecule has 0 unspecified atom stereocenters. The van der Waals surface area contributed by atoms with Gasteiger partial charge in [0.25, 0.3) is 0 Å². The van der Waals surface area contributed by atoms with Crippen molar-refractivity contribution in [2.45, 2.75) is 45.8 Å². The number of fused-ring (bicyclic) bond motifs is 1. The van der Waals surface area contributed by atoms with Crippen molar-refractivity contribution in [3.05, 3.63) is 101 Å². The molecule has 2 aromatic heterocycles. The second-order valence-electron chi connectivity index (χ2n) is 9.36. The number of carbonyl (C=O) groups is 1. The number of benzene rings is 2. The lowest BCUT2D eigenvalue weighted by atomic mass is 9.99. The SMILES string of the molecule is Cc1ccccc1-c1ccc(CN2CCc3nnc(CNC(=O)CCc4cccnc4)n3CC2)cc1. The highest BCUT2D eigenvalue weighted by Gasteiger charge is 2.19. The Hall–Kier alpha value is -3.84. The maximum absolute atomic E-state index is 12.3. The first-order valence-corrected chi connectivity index (χ1v) is 12.6. The molecular formula is C29H32N6O. The summed E-state index contributed by atoms with van der Waals surface area (Å²) in [6.45, 7) is 6.15. The number of hydrogen-bond donors (Lipinski definition) is 1. The van der Waals surface area contributed by atoms with Crippen LogP contribution < -0.4 is 5.32 Å². The Balaban J connectivity index is 1.13. The van der Waals surface area contributed by atoms with E-state index in [1.54, 1.807) is 12.4 Å². The zero-order valence-corrected chi connectivity index (χ0v) is 20.7. The summed E-state index contributed by atoms with van der Waals surface area (Å²) < 4.78 is 2.17. The fourth-order valence-corrected chi connectivity index (χ4v) is 4.73. The molecule has 0 atom stereocenters. The second-order valence-corrected chi connectivity index (χ2v) is 9.36. The number of pyridine rings is 1.